The van der Waals surface area contributed by atoms with Gasteiger partial charge in [0.2, 0.25) is 0 Å². The first-order valence-corrected chi connectivity index (χ1v) is 12.6. The highest BCUT2D eigenvalue weighted by atomic mass is 79.9. The maximum Gasteiger partial charge on any atom is 0.285 e. The topological polar surface area (TPSA) is 67.9 Å². The van der Waals surface area contributed by atoms with E-state index in [1.54, 1.807) is 43.5 Å². The van der Waals surface area contributed by atoms with Gasteiger partial charge in [-0.15, -0.1) is 0 Å². The summed E-state index contributed by atoms with van der Waals surface area (Å²) in [5.41, 5.74) is 5.94. The molecule has 4 rings (SSSR count). The number of nitrogens with one attached hydrogen (secondary N) is 1. The van der Waals surface area contributed by atoms with Crippen molar-refractivity contribution in [2.45, 2.75) is 13.5 Å². The summed E-state index contributed by atoms with van der Waals surface area (Å²) >= 11 is 10.00. The number of hydrogen-bond acceptors (Lipinski definition) is 6. The van der Waals surface area contributed by atoms with Crippen molar-refractivity contribution in [3.8, 4) is 11.5 Å². The first-order chi connectivity index (χ1) is 16.9. The molecular weight excluding hydrogens is 548 g/mol. The summed E-state index contributed by atoms with van der Waals surface area (Å²) in [5.74, 6) is 0.268. The number of hydrazine groups is 1. The van der Waals surface area contributed by atoms with Gasteiger partial charge in [-0.25, -0.2) is 0 Å². The number of aryl methyl sites for hydroxylation is 1. The highest BCUT2D eigenvalue weighted by molar-refractivity contribution is 9.10. The molecule has 0 bridgehead atoms. The fraction of sp³-hybridized carbons (Fsp3) is 0.115. The fourth-order valence-corrected chi connectivity index (χ4v) is 5.11. The van der Waals surface area contributed by atoms with Gasteiger partial charge in [0.1, 0.15) is 6.61 Å². The van der Waals surface area contributed by atoms with E-state index in [4.69, 9.17) is 21.7 Å². The van der Waals surface area contributed by atoms with Crippen LogP contribution in [0.2, 0.25) is 0 Å². The van der Waals surface area contributed by atoms with E-state index >= 15 is 0 Å². The number of benzene rings is 3. The molecule has 178 valence electrons. The van der Waals surface area contributed by atoms with Crippen LogP contribution in [0.15, 0.2) is 76.1 Å². The molecular formula is C26H21BrN2O4S2. The molecule has 1 aliphatic heterocycles. The van der Waals surface area contributed by atoms with Crippen LogP contribution in [-0.4, -0.2) is 28.3 Å². The Kier molecular flexibility index (Phi) is 7.90. The van der Waals surface area contributed by atoms with Crippen LogP contribution in [0.1, 0.15) is 27.0 Å². The van der Waals surface area contributed by atoms with Crippen molar-refractivity contribution in [3.05, 3.63) is 98.4 Å². The van der Waals surface area contributed by atoms with Gasteiger partial charge < -0.3 is 9.47 Å². The molecule has 1 aliphatic rings. The van der Waals surface area contributed by atoms with Crippen molar-refractivity contribution in [1.82, 2.24) is 10.4 Å². The number of halogens is 1. The molecule has 35 heavy (non-hydrogen) atoms. The largest absolute Gasteiger partial charge is 0.493 e. The Morgan fingerprint density at radius 2 is 1.86 bits per heavy atom. The van der Waals surface area contributed by atoms with Gasteiger partial charge in [0, 0.05) is 5.56 Å². The number of hydrogen-bond donors (Lipinski definition) is 1. The van der Waals surface area contributed by atoms with Gasteiger partial charge in [-0.05, 0) is 82.1 Å². The number of methoxy groups -OCH3 is 1. The highest BCUT2D eigenvalue weighted by Gasteiger charge is 2.34. The number of thioether (sulfide) groups is 1. The highest BCUT2D eigenvalue weighted by Crippen LogP contribution is 2.39. The van der Waals surface area contributed by atoms with E-state index in [0.29, 0.717) is 38.6 Å². The smallest absolute Gasteiger partial charge is 0.285 e. The molecule has 6 nitrogen and oxygen atoms in total. The second-order valence-corrected chi connectivity index (χ2v) is 10.1. The predicted molar refractivity (Wildman–Crippen MR) is 145 cm³/mol. The SMILES string of the molecule is COc1cc(/C=C2\SC(=S)N(NC(=O)c3ccccc3)C2=O)cc(Br)c1OCc1ccccc1C. The number of nitrogens with zero attached hydrogens (tertiary/aromatic N) is 1. The van der Waals surface area contributed by atoms with Gasteiger partial charge in [0.05, 0.1) is 16.5 Å². The van der Waals surface area contributed by atoms with Crippen molar-refractivity contribution in [3.63, 3.8) is 0 Å². The van der Waals surface area contributed by atoms with E-state index in [2.05, 4.69) is 21.4 Å². The van der Waals surface area contributed by atoms with E-state index < -0.39 is 11.8 Å². The van der Waals surface area contributed by atoms with Crippen LogP contribution < -0.4 is 14.9 Å². The minimum Gasteiger partial charge on any atom is -0.493 e. The van der Waals surface area contributed by atoms with Crippen molar-refractivity contribution in [2.75, 3.05) is 7.11 Å². The average Bonchev–Trinajstić information content (AvgIpc) is 3.11. The maximum atomic E-state index is 13.0. The minimum atomic E-state index is -0.414. The lowest BCUT2D eigenvalue weighted by Gasteiger charge is -2.15. The van der Waals surface area contributed by atoms with Crippen LogP contribution in [0.3, 0.4) is 0 Å². The zero-order chi connectivity index (χ0) is 24.9. The maximum absolute atomic E-state index is 13.0. The number of amides is 2. The molecule has 1 fully saturated rings. The van der Waals surface area contributed by atoms with Gasteiger partial charge in [-0.1, -0.05) is 54.2 Å². The lowest BCUT2D eigenvalue weighted by molar-refractivity contribution is -0.123. The Balaban J connectivity index is 1.52. The molecule has 0 radical (unpaired) electrons. The molecule has 1 heterocycles. The van der Waals surface area contributed by atoms with Gasteiger partial charge in [-0.2, -0.15) is 5.01 Å². The minimum absolute atomic E-state index is 0.245. The molecule has 2 amide bonds. The Morgan fingerprint density at radius 3 is 2.57 bits per heavy atom. The third-order valence-corrected chi connectivity index (χ3v) is 7.12. The Morgan fingerprint density at radius 1 is 1.14 bits per heavy atom. The molecule has 1 N–H and O–H groups in total. The quantitative estimate of drug-likeness (QED) is 0.283. The third-order valence-electron chi connectivity index (χ3n) is 5.23. The molecule has 0 spiro atoms. The third kappa shape index (κ3) is 5.75. The number of carbonyl (C=O) groups is 2. The summed E-state index contributed by atoms with van der Waals surface area (Å²) in [4.78, 5) is 25.8. The summed E-state index contributed by atoms with van der Waals surface area (Å²) in [7, 11) is 1.56. The average molecular weight is 570 g/mol. The van der Waals surface area contributed by atoms with E-state index in [1.807, 2.05) is 43.3 Å². The van der Waals surface area contributed by atoms with Gasteiger partial charge in [0.25, 0.3) is 11.8 Å². The predicted octanol–water partition coefficient (Wildman–Crippen LogP) is 5.89. The summed E-state index contributed by atoms with van der Waals surface area (Å²) in [6.45, 7) is 2.42. The first-order valence-electron chi connectivity index (χ1n) is 10.6. The first kappa shape index (κ1) is 25.0. The number of carbonyl (C=O) groups excluding carboxylic acids is 2. The number of thiocarbonyl (C=S) groups is 1. The van der Waals surface area contributed by atoms with Crippen molar-refractivity contribution < 1.29 is 19.1 Å². The number of rotatable bonds is 7. The lowest BCUT2D eigenvalue weighted by Crippen LogP contribution is -2.44. The lowest BCUT2D eigenvalue weighted by atomic mass is 10.1. The summed E-state index contributed by atoms with van der Waals surface area (Å²) in [6.07, 6.45) is 1.70. The van der Waals surface area contributed by atoms with Crippen LogP contribution in [0, 0.1) is 6.92 Å². The van der Waals surface area contributed by atoms with Crippen molar-refractivity contribution >= 4 is 62.1 Å². The molecule has 0 aliphatic carbocycles. The van der Waals surface area contributed by atoms with E-state index in [1.165, 1.54) is 0 Å². The second-order valence-electron chi connectivity index (χ2n) is 7.57. The van der Waals surface area contributed by atoms with E-state index in [-0.39, 0.29) is 4.32 Å². The molecule has 3 aromatic rings. The van der Waals surface area contributed by atoms with Gasteiger partial charge in [-0.3, -0.25) is 15.0 Å². The normalized spacial score (nSPS) is 14.4. The van der Waals surface area contributed by atoms with Crippen molar-refractivity contribution in [1.29, 1.82) is 0 Å². The molecule has 0 atom stereocenters. The zero-order valence-electron chi connectivity index (χ0n) is 18.9. The molecule has 0 unspecified atom stereocenters. The summed E-state index contributed by atoms with van der Waals surface area (Å²) < 4.78 is 12.5. The monoisotopic (exact) mass is 568 g/mol. The zero-order valence-corrected chi connectivity index (χ0v) is 22.1. The summed E-state index contributed by atoms with van der Waals surface area (Å²) in [5, 5.41) is 1.09. The van der Waals surface area contributed by atoms with Crippen LogP contribution in [0.5, 0.6) is 11.5 Å². The standard InChI is InChI=1S/C26H21BrN2O4S2/c1-16-8-6-7-11-19(16)15-33-23-20(27)12-17(13-21(23)32-2)14-22-25(31)29(26(34)35-22)28-24(30)18-9-4-3-5-10-18/h3-14H,15H2,1-2H3,(H,28,30)/b22-14-. The Bertz CT molecular complexity index is 1330. The fourth-order valence-electron chi connectivity index (χ4n) is 3.36. The van der Waals surface area contributed by atoms with Gasteiger partial charge >= 0.3 is 0 Å². The van der Waals surface area contributed by atoms with Crippen LogP contribution in [-0.2, 0) is 11.4 Å². The molecule has 1 saturated heterocycles. The molecule has 9 heteroatoms. The van der Waals surface area contributed by atoms with E-state index in [0.717, 1.165) is 27.9 Å². The van der Waals surface area contributed by atoms with Crippen LogP contribution >= 0.6 is 39.9 Å². The molecule has 0 aromatic heterocycles. The van der Waals surface area contributed by atoms with Crippen LogP contribution in [0.25, 0.3) is 6.08 Å². The van der Waals surface area contributed by atoms with E-state index in [9.17, 15) is 9.59 Å². The summed E-state index contributed by atoms with van der Waals surface area (Å²) in [6, 6.07) is 20.3. The number of ether oxygens (including phenoxy) is 2. The van der Waals surface area contributed by atoms with Gasteiger partial charge in [0.15, 0.2) is 15.8 Å². The second kappa shape index (κ2) is 11.1. The van der Waals surface area contributed by atoms with Crippen LogP contribution in [0.4, 0.5) is 0 Å². The molecule has 3 aromatic carbocycles. The van der Waals surface area contributed by atoms with Crippen molar-refractivity contribution in [2.24, 2.45) is 0 Å². The Labute approximate surface area is 221 Å². The molecule has 0 saturated carbocycles. The Hall–Kier alpha value is -3.14.